The molecule has 3 N–H and O–H groups in total. The standard InChI is InChI=1S/C21H16ClFN4O2/c1-11-18-19(14(9-24)20(25)29-21(18)27-26-11)12-5-7-13(8-6-12)28-10-15-16(22)3-2-4-17(15)23/h2-8,19H,10,25H2,1H3,(H,26,27). The lowest BCUT2D eigenvalue weighted by molar-refractivity contribution is 0.300. The number of nitrogens with one attached hydrogen (secondary N) is 1. The minimum atomic E-state index is -0.418. The van der Waals surface area contributed by atoms with Crippen molar-refractivity contribution in [1.82, 2.24) is 10.2 Å². The van der Waals surface area contributed by atoms with E-state index in [0.29, 0.717) is 27.8 Å². The second-order valence-electron chi connectivity index (χ2n) is 6.55. The first kappa shape index (κ1) is 18.8. The quantitative estimate of drug-likeness (QED) is 0.668. The van der Waals surface area contributed by atoms with Gasteiger partial charge in [0.05, 0.1) is 10.9 Å². The molecule has 6 nitrogen and oxygen atoms in total. The van der Waals surface area contributed by atoms with Crippen LogP contribution in [-0.4, -0.2) is 10.2 Å². The van der Waals surface area contributed by atoms with Crippen molar-refractivity contribution in [3.8, 4) is 17.7 Å². The maximum atomic E-state index is 13.9. The molecular weight excluding hydrogens is 395 g/mol. The molecular formula is C21H16ClFN4O2. The van der Waals surface area contributed by atoms with Crippen LogP contribution in [0.3, 0.4) is 0 Å². The number of hydrogen-bond acceptors (Lipinski definition) is 5. The minimum Gasteiger partial charge on any atom is -0.489 e. The van der Waals surface area contributed by atoms with Gasteiger partial charge >= 0.3 is 0 Å². The van der Waals surface area contributed by atoms with E-state index in [4.69, 9.17) is 26.8 Å². The van der Waals surface area contributed by atoms with Crippen molar-refractivity contribution in [3.63, 3.8) is 0 Å². The van der Waals surface area contributed by atoms with Gasteiger partial charge in [-0.2, -0.15) is 5.26 Å². The van der Waals surface area contributed by atoms with Crippen LogP contribution in [0, 0.1) is 24.1 Å². The first-order chi connectivity index (χ1) is 14.0. The van der Waals surface area contributed by atoms with Crippen LogP contribution in [0.25, 0.3) is 0 Å². The van der Waals surface area contributed by atoms with Gasteiger partial charge in [-0.3, -0.25) is 5.10 Å². The van der Waals surface area contributed by atoms with Gasteiger partial charge < -0.3 is 15.2 Å². The molecule has 0 fully saturated rings. The highest BCUT2D eigenvalue weighted by Gasteiger charge is 2.34. The average Bonchev–Trinajstić information content (AvgIpc) is 3.07. The number of aromatic nitrogens is 2. The second-order valence-corrected chi connectivity index (χ2v) is 6.96. The Morgan fingerprint density at radius 2 is 2.07 bits per heavy atom. The van der Waals surface area contributed by atoms with Crippen molar-refractivity contribution < 1.29 is 13.9 Å². The number of rotatable bonds is 4. The van der Waals surface area contributed by atoms with E-state index >= 15 is 0 Å². The molecule has 146 valence electrons. The van der Waals surface area contributed by atoms with E-state index in [1.807, 2.05) is 19.1 Å². The van der Waals surface area contributed by atoms with Crippen molar-refractivity contribution in [3.05, 3.63) is 87.1 Å². The Morgan fingerprint density at radius 3 is 2.76 bits per heavy atom. The van der Waals surface area contributed by atoms with Gasteiger partial charge in [0.2, 0.25) is 11.8 Å². The number of nitrogens with zero attached hydrogens (tertiary/aromatic N) is 2. The van der Waals surface area contributed by atoms with E-state index in [1.165, 1.54) is 6.07 Å². The Morgan fingerprint density at radius 1 is 1.31 bits per heavy atom. The van der Waals surface area contributed by atoms with Gasteiger partial charge in [-0.1, -0.05) is 29.8 Å². The predicted octanol–water partition coefficient (Wildman–Crippen LogP) is 4.31. The number of allylic oxidation sites excluding steroid dienone is 1. The summed E-state index contributed by atoms with van der Waals surface area (Å²) >= 11 is 6.03. The molecule has 0 aliphatic carbocycles. The molecule has 0 saturated heterocycles. The molecule has 1 atom stereocenters. The van der Waals surface area contributed by atoms with Crippen LogP contribution in [0.1, 0.15) is 28.3 Å². The Balaban J connectivity index is 1.61. The fourth-order valence-electron chi connectivity index (χ4n) is 3.31. The van der Waals surface area contributed by atoms with E-state index in [1.54, 1.807) is 24.3 Å². The number of aryl methyl sites for hydroxylation is 1. The van der Waals surface area contributed by atoms with Gasteiger partial charge in [-0.25, -0.2) is 4.39 Å². The van der Waals surface area contributed by atoms with Crippen LogP contribution in [-0.2, 0) is 6.61 Å². The number of benzene rings is 2. The highest BCUT2D eigenvalue weighted by Crippen LogP contribution is 2.42. The Hall–Kier alpha value is -3.50. The third-order valence-electron chi connectivity index (χ3n) is 4.79. The zero-order valence-corrected chi connectivity index (χ0v) is 16.1. The molecule has 0 spiro atoms. The second kappa shape index (κ2) is 7.49. The number of aromatic amines is 1. The maximum absolute atomic E-state index is 13.9. The smallest absolute Gasteiger partial charge is 0.244 e. The van der Waals surface area contributed by atoms with Crippen LogP contribution in [0.5, 0.6) is 11.6 Å². The number of hydrogen-bond donors (Lipinski definition) is 2. The Kier molecular flexibility index (Phi) is 4.87. The Bertz CT molecular complexity index is 1130. The van der Waals surface area contributed by atoms with Gasteiger partial charge in [0.1, 0.15) is 29.8 Å². The van der Waals surface area contributed by atoms with E-state index in [2.05, 4.69) is 16.3 Å². The van der Waals surface area contributed by atoms with Crippen LogP contribution in [0.15, 0.2) is 53.9 Å². The summed E-state index contributed by atoms with van der Waals surface area (Å²) in [5.74, 6) is 0.111. The molecule has 2 aromatic carbocycles. The summed E-state index contributed by atoms with van der Waals surface area (Å²) in [5.41, 5.74) is 8.92. The highest BCUT2D eigenvalue weighted by atomic mass is 35.5. The number of H-pyrrole nitrogens is 1. The molecule has 8 heteroatoms. The van der Waals surface area contributed by atoms with Crippen molar-refractivity contribution >= 4 is 11.6 Å². The fourth-order valence-corrected chi connectivity index (χ4v) is 3.53. The number of halogens is 2. The lowest BCUT2D eigenvalue weighted by Gasteiger charge is -2.23. The molecule has 4 rings (SSSR count). The first-order valence-corrected chi connectivity index (χ1v) is 9.15. The maximum Gasteiger partial charge on any atom is 0.244 e. The molecule has 0 bridgehead atoms. The number of ether oxygens (including phenoxy) is 2. The van der Waals surface area contributed by atoms with Crippen LogP contribution < -0.4 is 15.2 Å². The summed E-state index contributed by atoms with van der Waals surface area (Å²) in [5, 5.41) is 16.9. The summed E-state index contributed by atoms with van der Waals surface area (Å²) in [7, 11) is 0. The van der Waals surface area contributed by atoms with E-state index < -0.39 is 11.7 Å². The SMILES string of the molecule is Cc1[nH]nc2c1C(c1ccc(OCc3c(F)cccc3Cl)cc1)C(C#N)=C(N)O2. The van der Waals surface area contributed by atoms with Crippen molar-refractivity contribution in [2.45, 2.75) is 19.4 Å². The molecule has 1 unspecified atom stereocenters. The van der Waals surface area contributed by atoms with E-state index in [0.717, 1.165) is 16.8 Å². The van der Waals surface area contributed by atoms with Crippen LogP contribution >= 0.6 is 11.6 Å². The number of nitrogens with two attached hydrogens (primary N) is 1. The van der Waals surface area contributed by atoms with E-state index in [9.17, 15) is 9.65 Å². The number of nitriles is 1. The predicted molar refractivity (Wildman–Crippen MR) is 105 cm³/mol. The molecule has 1 aliphatic rings. The zero-order chi connectivity index (χ0) is 20.5. The first-order valence-electron chi connectivity index (χ1n) is 8.77. The van der Waals surface area contributed by atoms with Crippen LogP contribution in [0.4, 0.5) is 4.39 Å². The fraction of sp³-hybridized carbons (Fsp3) is 0.143. The summed E-state index contributed by atoms with van der Waals surface area (Å²) in [4.78, 5) is 0. The molecule has 0 radical (unpaired) electrons. The average molecular weight is 411 g/mol. The molecule has 3 aromatic rings. The zero-order valence-electron chi connectivity index (χ0n) is 15.4. The summed E-state index contributed by atoms with van der Waals surface area (Å²) in [6.07, 6.45) is 0. The Labute approximate surface area is 171 Å². The normalized spacial score (nSPS) is 15.4. The van der Waals surface area contributed by atoms with Gasteiger partial charge in [0.15, 0.2) is 0 Å². The third-order valence-corrected chi connectivity index (χ3v) is 5.14. The van der Waals surface area contributed by atoms with Crippen molar-refractivity contribution in [1.29, 1.82) is 5.26 Å². The lowest BCUT2D eigenvalue weighted by atomic mass is 9.84. The highest BCUT2D eigenvalue weighted by molar-refractivity contribution is 6.31. The molecule has 29 heavy (non-hydrogen) atoms. The van der Waals surface area contributed by atoms with Gasteiger partial charge in [-0.05, 0) is 36.8 Å². The summed E-state index contributed by atoms with van der Waals surface area (Å²) < 4.78 is 25.0. The largest absolute Gasteiger partial charge is 0.489 e. The molecule has 1 aromatic heterocycles. The van der Waals surface area contributed by atoms with Gasteiger partial charge in [0, 0.05) is 16.8 Å². The summed E-state index contributed by atoms with van der Waals surface area (Å²) in [6.45, 7) is 1.86. The molecule has 2 heterocycles. The molecule has 0 saturated carbocycles. The number of fused-ring (bicyclic) bond motifs is 1. The summed E-state index contributed by atoms with van der Waals surface area (Å²) in [6, 6.07) is 13.8. The van der Waals surface area contributed by atoms with Crippen LogP contribution in [0.2, 0.25) is 5.02 Å². The minimum absolute atomic E-state index is 0.00338. The van der Waals surface area contributed by atoms with Crippen molar-refractivity contribution in [2.24, 2.45) is 5.73 Å². The topological polar surface area (TPSA) is 97.0 Å². The monoisotopic (exact) mass is 410 g/mol. The van der Waals surface area contributed by atoms with Gasteiger partial charge in [0.25, 0.3) is 0 Å². The lowest BCUT2D eigenvalue weighted by Crippen LogP contribution is -2.21. The van der Waals surface area contributed by atoms with Gasteiger partial charge in [-0.15, -0.1) is 5.10 Å². The van der Waals surface area contributed by atoms with Crippen molar-refractivity contribution in [2.75, 3.05) is 0 Å². The molecule has 0 amide bonds. The third kappa shape index (κ3) is 3.39. The van der Waals surface area contributed by atoms with E-state index in [-0.39, 0.29) is 12.5 Å². The molecule has 1 aliphatic heterocycles.